The third kappa shape index (κ3) is 4.79. The van der Waals surface area contributed by atoms with Crippen LogP contribution in [0.1, 0.15) is 27.2 Å². The zero-order valence-electron chi connectivity index (χ0n) is 6.61. The maximum Gasteiger partial charge on any atom is 0.0101 e. The SMILES string of the molecule is CCC(C)(C)SCCN. The average Bonchev–Trinajstić information content (AvgIpc) is 1.84. The number of hydrogen-bond donors (Lipinski definition) is 1. The quantitative estimate of drug-likeness (QED) is 0.657. The van der Waals surface area contributed by atoms with Crippen molar-refractivity contribution < 1.29 is 0 Å². The van der Waals surface area contributed by atoms with E-state index in [0.717, 1.165) is 12.3 Å². The van der Waals surface area contributed by atoms with Crippen molar-refractivity contribution in [2.75, 3.05) is 12.3 Å². The molecule has 0 aliphatic heterocycles. The molecule has 0 atom stereocenters. The van der Waals surface area contributed by atoms with Crippen LogP contribution >= 0.6 is 11.8 Å². The molecule has 0 aromatic heterocycles. The average molecular weight is 147 g/mol. The molecular formula is C7H17NS. The molecule has 9 heavy (non-hydrogen) atoms. The molecule has 2 heteroatoms. The Labute approximate surface area is 62.4 Å². The summed E-state index contributed by atoms with van der Waals surface area (Å²) in [4.78, 5) is 0. The predicted molar refractivity (Wildman–Crippen MR) is 45.9 cm³/mol. The first-order chi connectivity index (χ1) is 4.12. The van der Waals surface area contributed by atoms with E-state index in [1.54, 1.807) is 0 Å². The van der Waals surface area contributed by atoms with E-state index >= 15 is 0 Å². The van der Waals surface area contributed by atoms with Crippen LogP contribution in [0.4, 0.5) is 0 Å². The standard InChI is InChI=1S/C7H17NS/c1-4-7(2,3)9-6-5-8/h4-6,8H2,1-3H3. The van der Waals surface area contributed by atoms with E-state index in [0.29, 0.717) is 4.75 Å². The Morgan fingerprint density at radius 2 is 2.00 bits per heavy atom. The largest absolute Gasteiger partial charge is 0.330 e. The van der Waals surface area contributed by atoms with Gasteiger partial charge < -0.3 is 5.73 Å². The van der Waals surface area contributed by atoms with Crippen molar-refractivity contribution in [2.24, 2.45) is 5.73 Å². The minimum absolute atomic E-state index is 0.430. The maximum absolute atomic E-state index is 5.37. The van der Waals surface area contributed by atoms with Crippen LogP contribution in [0.3, 0.4) is 0 Å². The van der Waals surface area contributed by atoms with Crippen LogP contribution in [0.2, 0.25) is 0 Å². The summed E-state index contributed by atoms with van der Waals surface area (Å²) in [6.07, 6.45) is 1.22. The monoisotopic (exact) mass is 147 g/mol. The lowest BCUT2D eigenvalue weighted by atomic mass is 10.1. The third-order valence-electron chi connectivity index (χ3n) is 1.46. The minimum atomic E-state index is 0.430. The highest BCUT2D eigenvalue weighted by Crippen LogP contribution is 2.26. The van der Waals surface area contributed by atoms with Gasteiger partial charge in [0.15, 0.2) is 0 Å². The minimum Gasteiger partial charge on any atom is -0.330 e. The van der Waals surface area contributed by atoms with Crippen LogP contribution in [-0.4, -0.2) is 17.0 Å². The van der Waals surface area contributed by atoms with Gasteiger partial charge in [-0.3, -0.25) is 0 Å². The molecule has 0 fully saturated rings. The zero-order chi connectivity index (χ0) is 7.33. The normalized spacial score (nSPS) is 12.0. The molecular weight excluding hydrogens is 130 g/mol. The van der Waals surface area contributed by atoms with E-state index in [4.69, 9.17) is 5.73 Å². The van der Waals surface area contributed by atoms with Crippen molar-refractivity contribution in [3.63, 3.8) is 0 Å². The van der Waals surface area contributed by atoms with Crippen molar-refractivity contribution >= 4 is 11.8 Å². The molecule has 0 aliphatic rings. The molecule has 0 spiro atoms. The fourth-order valence-corrected chi connectivity index (χ4v) is 1.31. The topological polar surface area (TPSA) is 26.0 Å². The van der Waals surface area contributed by atoms with Crippen molar-refractivity contribution in [1.29, 1.82) is 0 Å². The van der Waals surface area contributed by atoms with Gasteiger partial charge in [0.2, 0.25) is 0 Å². The molecule has 0 bridgehead atoms. The lowest BCUT2D eigenvalue weighted by molar-refractivity contribution is 0.684. The Kier molecular flexibility index (Phi) is 4.32. The fourth-order valence-electron chi connectivity index (χ4n) is 0.437. The molecule has 1 nitrogen and oxygen atoms in total. The molecule has 0 aliphatic carbocycles. The summed E-state index contributed by atoms with van der Waals surface area (Å²) in [7, 11) is 0. The third-order valence-corrected chi connectivity index (χ3v) is 2.97. The highest BCUT2D eigenvalue weighted by molar-refractivity contribution is 8.00. The summed E-state index contributed by atoms with van der Waals surface area (Å²) in [6.45, 7) is 7.53. The summed E-state index contributed by atoms with van der Waals surface area (Å²) in [5.41, 5.74) is 5.37. The molecule has 0 heterocycles. The highest BCUT2D eigenvalue weighted by atomic mass is 32.2. The Morgan fingerprint density at radius 1 is 1.44 bits per heavy atom. The van der Waals surface area contributed by atoms with Gasteiger partial charge in [0, 0.05) is 17.0 Å². The molecule has 0 saturated heterocycles. The van der Waals surface area contributed by atoms with Crippen LogP contribution in [0.5, 0.6) is 0 Å². The Balaban J connectivity index is 3.33. The molecule has 0 radical (unpaired) electrons. The molecule has 0 amide bonds. The molecule has 0 aromatic carbocycles. The Bertz CT molecular complexity index is 71.3. The van der Waals surface area contributed by atoms with Gasteiger partial charge in [0.25, 0.3) is 0 Å². The van der Waals surface area contributed by atoms with Gasteiger partial charge in [-0.05, 0) is 6.42 Å². The zero-order valence-corrected chi connectivity index (χ0v) is 7.42. The van der Waals surface area contributed by atoms with Gasteiger partial charge in [0.1, 0.15) is 0 Å². The van der Waals surface area contributed by atoms with E-state index in [-0.39, 0.29) is 0 Å². The van der Waals surface area contributed by atoms with E-state index in [2.05, 4.69) is 20.8 Å². The van der Waals surface area contributed by atoms with Gasteiger partial charge in [-0.25, -0.2) is 0 Å². The second kappa shape index (κ2) is 4.18. The van der Waals surface area contributed by atoms with Crippen molar-refractivity contribution in [3.05, 3.63) is 0 Å². The predicted octanol–water partition coefficient (Wildman–Crippen LogP) is 1.87. The first-order valence-corrected chi connectivity index (χ1v) is 4.45. The van der Waals surface area contributed by atoms with Crippen LogP contribution in [-0.2, 0) is 0 Å². The lowest BCUT2D eigenvalue weighted by Gasteiger charge is -2.20. The Hall–Kier alpha value is 0.310. The number of thioether (sulfide) groups is 1. The van der Waals surface area contributed by atoms with Crippen LogP contribution < -0.4 is 5.73 Å². The van der Waals surface area contributed by atoms with Gasteiger partial charge in [-0.2, -0.15) is 11.8 Å². The maximum atomic E-state index is 5.37. The van der Waals surface area contributed by atoms with Crippen molar-refractivity contribution in [3.8, 4) is 0 Å². The van der Waals surface area contributed by atoms with Gasteiger partial charge >= 0.3 is 0 Å². The molecule has 2 N–H and O–H groups in total. The van der Waals surface area contributed by atoms with Crippen LogP contribution in [0.25, 0.3) is 0 Å². The van der Waals surface area contributed by atoms with Gasteiger partial charge in [-0.15, -0.1) is 0 Å². The number of rotatable bonds is 4. The summed E-state index contributed by atoms with van der Waals surface area (Å²) >= 11 is 1.95. The van der Waals surface area contributed by atoms with Crippen molar-refractivity contribution in [2.45, 2.75) is 31.9 Å². The second-order valence-electron chi connectivity index (χ2n) is 2.75. The van der Waals surface area contributed by atoms with E-state index < -0.39 is 0 Å². The van der Waals surface area contributed by atoms with Crippen molar-refractivity contribution in [1.82, 2.24) is 0 Å². The Morgan fingerprint density at radius 3 is 2.33 bits per heavy atom. The van der Waals surface area contributed by atoms with E-state index in [1.165, 1.54) is 6.42 Å². The van der Waals surface area contributed by atoms with E-state index in [1.807, 2.05) is 11.8 Å². The summed E-state index contributed by atoms with van der Waals surface area (Å²) in [5, 5.41) is 0. The number of hydrogen-bond acceptors (Lipinski definition) is 2. The first kappa shape index (κ1) is 9.31. The molecule has 0 unspecified atom stereocenters. The van der Waals surface area contributed by atoms with Gasteiger partial charge in [-0.1, -0.05) is 20.8 Å². The smallest absolute Gasteiger partial charge is 0.0101 e. The summed E-state index contributed by atoms with van der Waals surface area (Å²) in [6, 6.07) is 0. The molecule has 0 saturated carbocycles. The fraction of sp³-hybridized carbons (Fsp3) is 1.00. The first-order valence-electron chi connectivity index (χ1n) is 3.46. The summed E-state index contributed by atoms with van der Waals surface area (Å²) in [5.74, 6) is 1.08. The number of nitrogens with two attached hydrogens (primary N) is 1. The van der Waals surface area contributed by atoms with Crippen LogP contribution in [0.15, 0.2) is 0 Å². The molecule has 0 rings (SSSR count). The highest BCUT2D eigenvalue weighted by Gasteiger charge is 2.13. The summed E-state index contributed by atoms with van der Waals surface area (Å²) < 4.78 is 0.430. The lowest BCUT2D eigenvalue weighted by Crippen LogP contribution is -2.16. The van der Waals surface area contributed by atoms with Crippen LogP contribution in [0, 0.1) is 0 Å². The second-order valence-corrected chi connectivity index (χ2v) is 4.55. The van der Waals surface area contributed by atoms with E-state index in [9.17, 15) is 0 Å². The van der Waals surface area contributed by atoms with Gasteiger partial charge in [0.05, 0.1) is 0 Å². The molecule has 56 valence electrons. The molecule has 0 aromatic rings.